The summed E-state index contributed by atoms with van der Waals surface area (Å²) in [5.74, 6) is -37.2. The molecule has 0 amide bonds. The van der Waals surface area contributed by atoms with E-state index >= 15 is 0 Å². The molecule has 0 spiro atoms. The lowest BCUT2D eigenvalue weighted by atomic mass is 9.91. The standard InChI is InChI=1S/C9H8F13NO/c10-4(11,1-3(24)2-23)5(12,13)6(14,15)7(16,17)8(18,19)9(20,21)22/h3,24H,1-2,23H2/t3-/m0/s1. The first-order valence-electron chi connectivity index (χ1n) is 5.54. The molecule has 0 heterocycles. The molecule has 0 aliphatic heterocycles. The van der Waals surface area contributed by atoms with E-state index in [1.165, 1.54) is 0 Å². The summed E-state index contributed by atoms with van der Waals surface area (Å²) < 4.78 is 164. The van der Waals surface area contributed by atoms with Crippen LogP contribution in [0.2, 0.25) is 0 Å². The molecule has 3 N–H and O–H groups in total. The van der Waals surface area contributed by atoms with Crippen LogP contribution in [-0.4, -0.2) is 53.5 Å². The molecule has 2 nitrogen and oxygen atoms in total. The van der Waals surface area contributed by atoms with Gasteiger partial charge in [0.25, 0.3) is 0 Å². The van der Waals surface area contributed by atoms with Gasteiger partial charge in [-0.3, -0.25) is 0 Å². The van der Waals surface area contributed by atoms with Crippen LogP contribution in [0.1, 0.15) is 6.42 Å². The third-order valence-corrected chi connectivity index (χ3v) is 2.76. The highest BCUT2D eigenvalue weighted by Crippen LogP contribution is 2.60. The molecule has 24 heavy (non-hydrogen) atoms. The first kappa shape index (κ1) is 23.0. The Morgan fingerprint density at radius 2 is 0.958 bits per heavy atom. The highest BCUT2D eigenvalue weighted by Gasteiger charge is 2.90. The molecule has 1 atom stereocenters. The number of nitrogens with two attached hydrogens (primary N) is 1. The van der Waals surface area contributed by atoms with Crippen molar-refractivity contribution in [2.45, 2.75) is 48.3 Å². The summed E-state index contributed by atoms with van der Waals surface area (Å²) in [6.45, 7) is -1.24. The van der Waals surface area contributed by atoms with Crippen LogP contribution in [-0.2, 0) is 0 Å². The van der Waals surface area contributed by atoms with Gasteiger partial charge in [0.15, 0.2) is 0 Å². The lowest BCUT2D eigenvalue weighted by molar-refractivity contribution is -0.440. The van der Waals surface area contributed by atoms with Crippen molar-refractivity contribution >= 4 is 0 Å². The molecular formula is C9H8F13NO. The van der Waals surface area contributed by atoms with E-state index in [1.54, 1.807) is 0 Å². The number of hydrogen-bond donors (Lipinski definition) is 2. The monoisotopic (exact) mass is 393 g/mol. The second-order valence-corrected chi connectivity index (χ2v) is 4.59. The van der Waals surface area contributed by atoms with Crippen LogP contribution in [0.15, 0.2) is 0 Å². The minimum Gasteiger partial charge on any atom is -0.392 e. The maximum atomic E-state index is 13.1. The van der Waals surface area contributed by atoms with Gasteiger partial charge in [-0.1, -0.05) is 0 Å². The molecule has 15 heteroatoms. The molecule has 0 aromatic carbocycles. The van der Waals surface area contributed by atoms with Crippen molar-refractivity contribution in [1.82, 2.24) is 0 Å². The normalized spacial score (nSPS) is 17.1. The summed E-state index contributed by atoms with van der Waals surface area (Å²) in [6.07, 6.45) is -12.8. The van der Waals surface area contributed by atoms with Gasteiger partial charge in [-0.25, -0.2) is 0 Å². The Kier molecular flexibility index (Phi) is 5.82. The van der Waals surface area contributed by atoms with Gasteiger partial charge in [0.1, 0.15) is 0 Å². The first-order chi connectivity index (χ1) is 10.2. The zero-order valence-electron chi connectivity index (χ0n) is 10.9. The van der Waals surface area contributed by atoms with E-state index < -0.39 is 54.9 Å². The topological polar surface area (TPSA) is 46.2 Å². The van der Waals surface area contributed by atoms with E-state index in [4.69, 9.17) is 5.11 Å². The third-order valence-electron chi connectivity index (χ3n) is 2.76. The predicted octanol–water partition coefficient (Wildman–Crippen LogP) is 3.43. The molecule has 146 valence electrons. The smallest absolute Gasteiger partial charge is 0.392 e. The fourth-order valence-electron chi connectivity index (χ4n) is 1.31. The Morgan fingerprint density at radius 3 is 1.25 bits per heavy atom. The Labute approximate surface area is 124 Å². The van der Waals surface area contributed by atoms with Crippen LogP contribution < -0.4 is 5.73 Å². The van der Waals surface area contributed by atoms with Crippen LogP contribution >= 0.6 is 0 Å². The van der Waals surface area contributed by atoms with Crippen LogP contribution in [0.3, 0.4) is 0 Å². The number of rotatable bonds is 7. The van der Waals surface area contributed by atoms with Gasteiger partial charge < -0.3 is 10.8 Å². The summed E-state index contributed by atoms with van der Waals surface area (Å²) in [6, 6.07) is 0. The molecule has 0 saturated heterocycles. The van der Waals surface area contributed by atoms with Crippen LogP contribution in [0.5, 0.6) is 0 Å². The van der Waals surface area contributed by atoms with Crippen molar-refractivity contribution in [3.8, 4) is 0 Å². The van der Waals surface area contributed by atoms with Crippen molar-refractivity contribution in [2.24, 2.45) is 5.73 Å². The van der Waals surface area contributed by atoms with Gasteiger partial charge in [0.05, 0.1) is 6.10 Å². The molecule has 0 aromatic rings. The largest absolute Gasteiger partial charge is 0.460 e. The molecule has 0 aromatic heterocycles. The van der Waals surface area contributed by atoms with E-state index in [2.05, 4.69) is 5.73 Å². The predicted molar refractivity (Wildman–Crippen MR) is 50.5 cm³/mol. The van der Waals surface area contributed by atoms with Crippen molar-refractivity contribution in [1.29, 1.82) is 0 Å². The van der Waals surface area contributed by atoms with E-state index in [1.807, 2.05) is 0 Å². The molecule has 0 aliphatic rings. The maximum Gasteiger partial charge on any atom is 0.460 e. The van der Waals surface area contributed by atoms with Crippen LogP contribution in [0.4, 0.5) is 57.1 Å². The molecule has 0 aliphatic carbocycles. The molecule has 0 unspecified atom stereocenters. The Bertz CT molecular complexity index is 443. The minimum atomic E-state index is -7.93. The summed E-state index contributed by atoms with van der Waals surface area (Å²) in [5.41, 5.74) is 4.51. The first-order valence-corrected chi connectivity index (χ1v) is 5.54. The van der Waals surface area contributed by atoms with E-state index in [-0.39, 0.29) is 0 Å². The highest BCUT2D eigenvalue weighted by atomic mass is 19.4. The van der Waals surface area contributed by atoms with E-state index in [0.717, 1.165) is 0 Å². The van der Waals surface area contributed by atoms with E-state index in [0.29, 0.717) is 0 Å². The molecule has 0 rings (SSSR count). The van der Waals surface area contributed by atoms with Gasteiger partial charge in [0.2, 0.25) is 0 Å². The van der Waals surface area contributed by atoms with Crippen molar-refractivity contribution in [2.75, 3.05) is 6.54 Å². The average molecular weight is 393 g/mol. The van der Waals surface area contributed by atoms with Gasteiger partial charge in [-0.15, -0.1) is 0 Å². The third kappa shape index (κ3) is 3.23. The molecule has 0 bridgehead atoms. The minimum absolute atomic E-state index is 1.24. The second kappa shape index (κ2) is 6.07. The Balaban J connectivity index is 6.11. The lowest BCUT2D eigenvalue weighted by Crippen LogP contribution is -2.70. The summed E-state index contributed by atoms with van der Waals surface area (Å²) >= 11 is 0. The second-order valence-electron chi connectivity index (χ2n) is 4.59. The number of hydrogen-bond acceptors (Lipinski definition) is 2. The molecule has 0 radical (unpaired) electrons. The fourth-order valence-corrected chi connectivity index (χ4v) is 1.31. The Morgan fingerprint density at radius 1 is 0.625 bits per heavy atom. The van der Waals surface area contributed by atoms with Gasteiger partial charge >= 0.3 is 35.8 Å². The quantitative estimate of drug-likeness (QED) is 0.652. The molecular weight excluding hydrogens is 385 g/mol. The van der Waals surface area contributed by atoms with Crippen molar-refractivity contribution < 1.29 is 62.2 Å². The van der Waals surface area contributed by atoms with Gasteiger partial charge in [0, 0.05) is 13.0 Å². The SMILES string of the molecule is NC[C@@H](O)CC(F)(F)C(F)(F)C(F)(F)C(F)(F)C(F)(F)C(F)(F)F. The lowest BCUT2D eigenvalue weighted by Gasteiger charge is -2.40. The van der Waals surface area contributed by atoms with Crippen molar-refractivity contribution in [3.63, 3.8) is 0 Å². The van der Waals surface area contributed by atoms with Crippen molar-refractivity contribution in [3.05, 3.63) is 0 Å². The maximum absolute atomic E-state index is 13.1. The molecule has 0 saturated carbocycles. The fraction of sp³-hybridized carbons (Fsp3) is 1.00. The number of aliphatic hydroxyl groups is 1. The summed E-state index contributed by atoms with van der Waals surface area (Å²) in [7, 11) is 0. The average Bonchev–Trinajstić information content (AvgIpc) is 2.35. The summed E-state index contributed by atoms with van der Waals surface area (Å²) in [4.78, 5) is 0. The number of halogens is 13. The van der Waals surface area contributed by atoms with Crippen LogP contribution in [0.25, 0.3) is 0 Å². The van der Waals surface area contributed by atoms with Gasteiger partial charge in [-0.2, -0.15) is 57.1 Å². The zero-order chi connectivity index (χ0) is 20.0. The van der Waals surface area contributed by atoms with E-state index in [9.17, 15) is 57.1 Å². The Hall–Kier alpha value is -0.990. The summed E-state index contributed by atoms with van der Waals surface area (Å²) in [5, 5.41) is 8.62. The van der Waals surface area contributed by atoms with Crippen LogP contribution in [0, 0.1) is 0 Å². The molecule has 0 fully saturated rings. The van der Waals surface area contributed by atoms with Gasteiger partial charge in [-0.05, 0) is 0 Å². The number of aliphatic hydroxyl groups excluding tert-OH is 1. The highest BCUT2D eigenvalue weighted by molar-refractivity contribution is 5.10. The number of alkyl halides is 13. The zero-order valence-corrected chi connectivity index (χ0v) is 10.9.